The van der Waals surface area contributed by atoms with Crippen LogP contribution in [0, 0.1) is 0 Å². The van der Waals surface area contributed by atoms with Crippen LogP contribution in [0.25, 0.3) is 11.2 Å². The average Bonchev–Trinajstić information content (AvgIpc) is 3.69. The van der Waals surface area contributed by atoms with Gasteiger partial charge in [0.25, 0.3) is 0 Å². The van der Waals surface area contributed by atoms with Crippen LogP contribution >= 0.6 is 15.9 Å². The Hall–Kier alpha value is -5.14. The van der Waals surface area contributed by atoms with Crippen LogP contribution < -0.4 is 15.2 Å². The third-order valence-corrected chi connectivity index (χ3v) is 9.61. The first-order chi connectivity index (χ1) is 24.3. The van der Waals surface area contributed by atoms with Crippen molar-refractivity contribution in [1.29, 1.82) is 0 Å². The summed E-state index contributed by atoms with van der Waals surface area (Å²) in [6.45, 7) is -0.112. The molecule has 0 radical (unpaired) electrons. The van der Waals surface area contributed by atoms with Gasteiger partial charge in [0, 0.05) is 12.0 Å². The molecule has 3 atom stereocenters. The number of Topliss-reactive ketones (excluding diaryl/α,β-unsaturated/α-hetero) is 1. The van der Waals surface area contributed by atoms with Crippen LogP contribution in [0.5, 0.6) is 11.5 Å². The van der Waals surface area contributed by atoms with E-state index in [0.717, 1.165) is 16.7 Å². The number of carbonyl (C=O) groups excluding carboxylic acids is 1. The fourth-order valence-corrected chi connectivity index (χ4v) is 7.26. The minimum atomic E-state index is -1.77. The number of aliphatic hydroxyl groups excluding tert-OH is 1. The molecule has 0 saturated carbocycles. The summed E-state index contributed by atoms with van der Waals surface area (Å²) in [5.41, 5.74) is 6.62. The summed E-state index contributed by atoms with van der Waals surface area (Å²) in [7, 11) is 3.23. The van der Waals surface area contributed by atoms with Gasteiger partial charge in [0.15, 0.2) is 21.7 Å². The van der Waals surface area contributed by atoms with E-state index in [1.165, 1.54) is 10.9 Å². The van der Waals surface area contributed by atoms with Crippen molar-refractivity contribution in [3.63, 3.8) is 0 Å². The van der Waals surface area contributed by atoms with Crippen molar-refractivity contribution in [3.8, 4) is 11.5 Å². The first kappa shape index (κ1) is 33.4. The zero-order chi connectivity index (χ0) is 34.9. The molecule has 3 heterocycles. The third kappa shape index (κ3) is 5.69. The standard InChI is InChI=1S/C38H34BrN5O6/c1-47-28-17-13-26(14-18-28)38(25-11-7-4-8-12-25,27-15-19-29(48-2)20-16-27)49-22-31-30(45)21-37(50-31,33(46)24-9-5-3-6-10-24)44-35-32(43-36(44)39)34(40)41-23-42-35/h3-20,23,30-31,45H,21-22H2,1-2H3,(H2,40,41,42)/t30-,31+,37-/m0/s1. The Kier molecular flexibility index (Phi) is 9.10. The minimum Gasteiger partial charge on any atom is -0.497 e. The number of nitrogens with zero attached hydrogens (tertiary/aromatic N) is 4. The molecular formula is C38H34BrN5O6. The number of halogens is 1. The van der Waals surface area contributed by atoms with Gasteiger partial charge in [-0.25, -0.2) is 15.0 Å². The Morgan fingerprint density at radius 1 is 0.900 bits per heavy atom. The van der Waals surface area contributed by atoms with Crippen molar-refractivity contribution < 1.29 is 28.8 Å². The maximum atomic E-state index is 14.6. The molecule has 0 amide bonds. The maximum absolute atomic E-state index is 14.6. The number of carbonyl (C=O) groups is 1. The molecule has 12 heteroatoms. The van der Waals surface area contributed by atoms with Crippen molar-refractivity contribution in [2.45, 2.75) is 30.0 Å². The number of ether oxygens (including phenoxy) is 4. The average molecular weight is 737 g/mol. The molecule has 254 valence electrons. The summed E-state index contributed by atoms with van der Waals surface area (Å²) < 4.78 is 26.5. The van der Waals surface area contributed by atoms with Crippen LogP contribution in [0.4, 0.5) is 5.82 Å². The smallest absolute Gasteiger partial charge is 0.216 e. The lowest BCUT2D eigenvalue weighted by atomic mass is 9.80. The first-order valence-electron chi connectivity index (χ1n) is 15.9. The van der Waals surface area contributed by atoms with E-state index in [9.17, 15) is 9.90 Å². The Labute approximate surface area is 296 Å². The number of fused-ring (bicyclic) bond motifs is 1. The highest BCUT2D eigenvalue weighted by Crippen LogP contribution is 2.45. The van der Waals surface area contributed by atoms with Gasteiger partial charge >= 0.3 is 0 Å². The SMILES string of the molecule is COc1ccc(C(OC[C@H]2O[C@@](C(=O)c3ccccc3)(n3c(Br)nc4c(N)ncnc43)C[C@@H]2O)(c2ccccc2)c2ccc(OC)cc2)cc1. The number of hydrogen-bond donors (Lipinski definition) is 2. The molecule has 2 aromatic heterocycles. The second-order valence-corrected chi connectivity index (χ2v) is 12.6. The number of nitrogens with two attached hydrogens (primary N) is 1. The summed E-state index contributed by atoms with van der Waals surface area (Å²) in [5.74, 6) is 1.12. The zero-order valence-corrected chi connectivity index (χ0v) is 28.9. The summed E-state index contributed by atoms with van der Waals surface area (Å²) in [6.07, 6.45) is -0.920. The Balaban J connectivity index is 1.34. The van der Waals surface area contributed by atoms with E-state index in [1.807, 2.05) is 84.9 Å². The van der Waals surface area contributed by atoms with Gasteiger partial charge in [0.1, 0.15) is 29.5 Å². The van der Waals surface area contributed by atoms with Gasteiger partial charge in [0.2, 0.25) is 11.5 Å². The van der Waals surface area contributed by atoms with Gasteiger partial charge in [-0.1, -0.05) is 84.9 Å². The largest absolute Gasteiger partial charge is 0.497 e. The quantitative estimate of drug-likeness (QED) is 0.0940. The van der Waals surface area contributed by atoms with E-state index < -0.39 is 29.3 Å². The number of aromatic nitrogens is 4. The van der Waals surface area contributed by atoms with Gasteiger partial charge in [-0.3, -0.25) is 9.36 Å². The number of hydrogen-bond acceptors (Lipinski definition) is 10. The number of imidazole rings is 1. The number of benzene rings is 4. The van der Waals surface area contributed by atoms with Crippen LogP contribution in [-0.2, 0) is 20.8 Å². The molecule has 1 saturated heterocycles. The molecule has 11 nitrogen and oxygen atoms in total. The van der Waals surface area contributed by atoms with E-state index in [-0.39, 0.29) is 29.2 Å². The van der Waals surface area contributed by atoms with Crippen LogP contribution in [0.1, 0.15) is 33.5 Å². The van der Waals surface area contributed by atoms with Gasteiger partial charge in [-0.2, -0.15) is 0 Å². The Bertz CT molecular complexity index is 2060. The molecule has 0 unspecified atom stereocenters. The molecule has 1 fully saturated rings. The van der Waals surface area contributed by atoms with Gasteiger partial charge in [0.05, 0.1) is 26.9 Å². The van der Waals surface area contributed by atoms with E-state index >= 15 is 0 Å². The maximum Gasteiger partial charge on any atom is 0.216 e. The molecule has 6 aromatic rings. The Morgan fingerprint density at radius 3 is 2.04 bits per heavy atom. The fourth-order valence-electron chi connectivity index (χ4n) is 6.63. The van der Waals surface area contributed by atoms with Crippen LogP contribution in [0.15, 0.2) is 120 Å². The summed E-state index contributed by atoms with van der Waals surface area (Å²) in [5, 5.41) is 11.8. The second kappa shape index (κ2) is 13.6. The van der Waals surface area contributed by atoms with Crippen molar-refractivity contribution in [1.82, 2.24) is 19.5 Å². The van der Waals surface area contributed by atoms with Gasteiger partial charge in [-0.05, 0) is 56.9 Å². The molecule has 1 aliphatic heterocycles. The molecule has 50 heavy (non-hydrogen) atoms. The molecule has 0 spiro atoms. The van der Waals surface area contributed by atoms with E-state index in [1.54, 1.807) is 38.5 Å². The van der Waals surface area contributed by atoms with Crippen LogP contribution in [-0.4, -0.2) is 63.4 Å². The zero-order valence-electron chi connectivity index (χ0n) is 27.3. The molecule has 4 aromatic carbocycles. The molecular weight excluding hydrogens is 702 g/mol. The highest BCUT2D eigenvalue weighted by Gasteiger charge is 2.55. The van der Waals surface area contributed by atoms with Gasteiger partial charge < -0.3 is 29.8 Å². The molecule has 0 bridgehead atoms. The summed E-state index contributed by atoms with van der Waals surface area (Å²) >= 11 is 3.52. The normalized spacial score (nSPS) is 19.0. The second-order valence-electron chi connectivity index (χ2n) is 11.9. The lowest BCUT2D eigenvalue weighted by Gasteiger charge is -2.37. The first-order valence-corrected chi connectivity index (χ1v) is 16.7. The molecule has 1 aliphatic rings. The van der Waals surface area contributed by atoms with E-state index in [4.69, 9.17) is 24.7 Å². The van der Waals surface area contributed by atoms with Crippen molar-refractivity contribution in [2.75, 3.05) is 26.6 Å². The number of ketones is 1. The predicted octanol–water partition coefficient (Wildman–Crippen LogP) is 5.88. The number of rotatable bonds is 11. The lowest BCUT2D eigenvalue weighted by Crippen LogP contribution is -2.43. The minimum absolute atomic E-state index is 0.112. The van der Waals surface area contributed by atoms with Crippen LogP contribution in [0.2, 0.25) is 0 Å². The van der Waals surface area contributed by atoms with E-state index in [2.05, 4.69) is 30.9 Å². The number of methoxy groups -OCH3 is 2. The topological polar surface area (TPSA) is 144 Å². The summed E-state index contributed by atoms with van der Waals surface area (Å²) in [6, 6.07) is 33.9. The number of nitrogen functional groups attached to an aromatic ring is 1. The highest BCUT2D eigenvalue weighted by atomic mass is 79.9. The monoisotopic (exact) mass is 735 g/mol. The van der Waals surface area contributed by atoms with Crippen molar-refractivity contribution in [2.24, 2.45) is 0 Å². The highest BCUT2D eigenvalue weighted by molar-refractivity contribution is 9.10. The third-order valence-electron chi connectivity index (χ3n) is 9.08. The predicted molar refractivity (Wildman–Crippen MR) is 190 cm³/mol. The molecule has 3 N–H and O–H groups in total. The Morgan fingerprint density at radius 2 is 1.46 bits per heavy atom. The van der Waals surface area contributed by atoms with E-state index in [0.29, 0.717) is 22.6 Å². The van der Waals surface area contributed by atoms with Gasteiger partial charge in [-0.15, -0.1) is 0 Å². The van der Waals surface area contributed by atoms with Crippen LogP contribution in [0.3, 0.4) is 0 Å². The fraction of sp³-hybridized carbons (Fsp3) is 0.211. The summed E-state index contributed by atoms with van der Waals surface area (Å²) in [4.78, 5) is 27.6. The van der Waals surface area contributed by atoms with Crippen molar-refractivity contribution in [3.05, 3.63) is 143 Å². The molecule has 0 aliphatic carbocycles. The lowest BCUT2D eigenvalue weighted by molar-refractivity contribution is -0.120. The number of aliphatic hydroxyl groups is 1. The van der Waals surface area contributed by atoms with Crippen molar-refractivity contribution >= 4 is 38.7 Å². The number of anilines is 1. The molecule has 7 rings (SSSR count).